The van der Waals surface area contributed by atoms with E-state index < -0.39 is 0 Å². The minimum absolute atomic E-state index is 0.115. The van der Waals surface area contributed by atoms with Crippen molar-refractivity contribution in [1.29, 1.82) is 0 Å². The van der Waals surface area contributed by atoms with Crippen LogP contribution in [0.2, 0.25) is 5.15 Å². The number of hydrogen-bond acceptors (Lipinski definition) is 9. The standard InChI is InChI=1S/C30H31ClN8OS/c1-38-14-15-41-26(19-38)21-4-6-24(7-5-21)36-30-35-17-23-16-22(3-2-20-8-10-32-11-9-20)29(40)39(28(23)37-30)18-25-27(31)34-13-12-33-25/h4-7,12-13,16-17,20,26,32H,8-11,14-15,18-19H2,1H3,(H,35,36,37). The molecule has 1 unspecified atom stereocenters. The number of pyridine rings is 1. The second-order valence-corrected chi connectivity index (χ2v) is 12.0. The topological polar surface area (TPSA) is 101 Å². The molecule has 2 fully saturated rings. The van der Waals surface area contributed by atoms with Gasteiger partial charge in [-0.05, 0) is 56.7 Å². The van der Waals surface area contributed by atoms with E-state index in [9.17, 15) is 4.79 Å². The fourth-order valence-electron chi connectivity index (χ4n) is 5.10. The van der Waals surface area contributed by atoms with Crippen LogP contribution in [0.3, 0.4) is 0 Å². The number of thioether (sulfide) groups is 1. The van der Waals surface area contributed by atoms with Gasteiger partial charge in [0.25, 0.3) is 5.56 Å². The van der Waals surface area contributed by atoms with E-state index in [-0.39, 0.29) is 23.2 Å². The van der Waals surface area contributed by atoms with Crippen LogP contribution in [0.1, 0.15) is 34.9 Å². The van der Waals surface area contributed by atoms with Crippen LogP contribution in [0, 0.1) is 17.8 Å². The number of nitrogens with one attached hydrogen (secondary N) is 2. The van der Waals surface area contributed by atoms with Gasteiger partial charge in [0.15, 0.2) is 5.15 Å². The summed E-state index contributed by atoms with van der Waals surface area (Å²) < 4.78 is 1.56. The minimum atomic E-state index is -0.246. The van der Waals surface area contributed by atoms with Crippen molar-refractivity contribution in [3.8, 4) is 11.8 Å². The monoisotopic (exact) mass is 586 g/mol. The van der Waals surface area contributed by atoms with Gasteiger partial charge in [-0.15, -0.1) is 0 Å². The fourth-order valence-corrected chi connectivity index (χ4v) is 6.67. The average Bonchev–Trinajstić information content (AvgIpc) is 3.00. The molecule has 2 aliphatic heterocycles. The van der Waals surface area contributed by atoms with E-state index in [2.05, 4.69) is 61.5 Å². The molecule has 0 spiro atoms. The van der Waals surface area contributed by atoms with E-state index in [1.165, 1.54) is 11.8 Å². The SMILES string of the molecule is CN1CCSC(c2ccc(Nc3ncc4cc(C#CC5CCNCC5)c(=O)n(Cc5nccnc5Cl)c4n3)cc2)C1. The zero-order valence-electron chi connectivity index (χ0n) is 22.8. The molecule has 3 aromatic heterocycles. The Bertz CT molecular complexity index is 1660. The Hall–Kier alpha value is -3.49. The number of anilines is 2. The van der Waals surface area contributed by atoms with Gasteiger partial charge in [0.05, 0.1) is 17.8 Å². The zero-order chi connectivity index (χ0) is 28.2. The lowest BCUT2D eigenvalue weighted by Gasteiger charge is -2.29. The molecule has 9 nitrogen and oxygen atoms in total. The maximum Gasteiger partial charge on any atom is 0.268 e. The zero-order valence-corrected chi connectivity index (χ0v) is 24.4. The van der Waals surface area contributed by atoms with Crippen LogP contribution in [0.25, 0.3) is 11.0 Å². The summed E-state index contributed by atoms with van der Waals surface area (Å²) in [6.45, 7) is 4.16. The molecule has 4 aromatic rings. The number of rotatable bonds is 5. The predicted molar refractivity (Wildman–Crippen MR) is 165 cm³/mol. The molecule has 0 saturated carbocycles. The highest BCUT2D eigenvalue weighted by atomic mass is 35.5. The Labute approximate surface area is 248 Å². The van der Waals surface area contributed by atoms with E-state index in [0.29, 0.717) is 33.5 Å². The molecule has 5 heterocycles. The van der Waals surface area contributed by atoms with Crippen molar-refractivity contribution in [1.82, 2.24) is 34.7 Å². The third kappa shape index (κ3) is 6.54. The Balaban J connectivity index is 1.32. The van der Waals surface area contributed by atoms with Gasteiger partial charge >= 0.3 is 0 Å². The van der Waals surface area contributed by atoms with Crippen LogP contribution >= 0.6 is 23.4 Å². The van der Waals surface area contributed by atoms with Gasteiger partial charge in [-0.1, -0.05) is 35.6 Å². The van der Waals surface area contributed by atoms with Crippen molar-refractivity contribution in [2.45, 2.75) is 24.6 Å². The predicted octanol–water partition coefficient (Wildman–Crippen LogP) is 4.10. The fraction of sp³-hybridized carbons (Fsp3) is 0.367. The number of halogens is 1. The third-order valence-electron chi connectivity index (χ3n) is 7.42. The van der Waals surface area contributed by atoms with E-state index >= 15 is 0 Å². The highest BCUT2D eigenvalue weighted by molar-refractivity contribution is 7.99. The maximum atomic E-state index is 13.7. The van der Waals surface area contributed by atoms with Crippen molar-refractivity contribution < 1.29 is 0 Å². The molecule has 210 valence electrons. The molecule has 1 aromatic carbocycles. The smallest absolute Gasteiger partial charge is 0.268 e. The first kappa shape index (κ1) is 27.7. The van der Waals surface area contributed by atoms with Crippen molar-refractivity contribution >= 4 is 46.0 Å². The van der Waals surface area contributed by atoms with Crippen molar-refractivity contribution in [3.63, 3.8) is 0 Å². The van der Waals surface area contributed by atoms with Gasteiger partial charge < -0.3 is 15.5 Å². The number of hydrogen-bond donors (Lipinski definition) is 2. The number of piperidine rings is 1. The molecule has 11 heteroatoms. The molecular weight excluding hydrogens is 556 g/mol. The third-order valence-corrected chi connectivity index (χ3v) is 8.97. The molecule has 1 atom stereocenters. The van der Waals surface area contributed by atoms with E-state index in [0.717, 1.165) is 50.5 Å². The van der Waals surface area contributed by atoms with Crippen LogP contribution < -0.4 is 16.2 Å². The van der Waals surface area contributed by atoms with Gasteiger partial charge in [-0.25, -0.2) is 9.97 Å². The molecule has 0 radical (unpaired) electrons. The molecule has 2 aliphatic rings. The lowest BCUT2D eigenvalue weighted by atomic mass is 9.98. The highest BCUT2D eigenvalue weighted by Gasteiger charge is 2.19. The molecule has 41 heavy (non-hydrogen) atoms. The maximum absolute atomic E-state index is 13.7. The Morgan fingerprint density at radius 3 is 2.73 bits per heavy atom. The summed E-state index contributed by atoms with van der Waals surface area (Å²) in [7, 11) is 2.17. The summed E-state index contributed by atoms with van der Waals surface area (Å²) in [4.78, 5) is 33.9. The second kappa shape index (κ2) is 12.6. The number of aromatic nitrogens is 5. The summed E-state index contributed by atoms with van der Waals surface area (Å²) >= 11 is 8.32. The van der Waals surface area contributed by atoms with Gasteiger partial charge in [-0.3, -0.25) is 14.3 Å². The number of fused-ring (bicyclic) bond motifs is 1. The van der Waals surface area contributed by atoms with Crippen LogP contribution in [-0.2, 0) is 6.54 Å². The summed E-state index contributed by atoms with van der Waals surface area (Å²) in [5, 5.41) is 8.06. The van der Waals surface area contributed by atoms with Crippen LogP contribution in [0.4, 0.5) is 11.6 Å². The lowest BCUT2D eigenvalue weighted by Crippen LogP contribution is -2.30. The molecule has 0 aliphatic carbocycles. The number of nitrogens with zero attached hydrogens (tertiary/aromatic N) is 6. The number of likely N-dealkylation sites (N-methyl/N-ethyl adjacent to an activating group) is 1. The summed E-state index contributed by atoms with van der Waals surface area (Å²) in [6, 6.07) is 10.2. The molecule has 0 amide bonds. The van der Waals surface area contributed by atoms with E-state index in [4.69, 9.17) is 16.6 Å². The molecule has 0 bridgehead atoms. The largest absolute Gasteiger partial charge is 0.324 e. The van der Waals surface area contributed by atoms with Gasteiger partial charge in [0, 0.05) is 59.7 Å². The number of benzene rings is 1. The molecule has 2 saturated heterocycles. The van der Waals surface area contributed by atoms with Gasteiger partial charge in [0.2, 0.25) is 5.95 Å². The van der Waals surface area contributed by atoms with Crippen LogP contribution in [0.15, 0.2) is 53.7 Å². The second-order valence-electron chi connectivity index (χ2n) is 10.4. The Kier molecular flexibility index (Phi) is 8.49. The molecule has 6 rings (SSSR count). The lowest BCUT2D eigenvalue weighted by molar-refractivity contribution is 0.347. The quantitative estimate of drug-likeness (QED) is 0.335. The van der Waals surface area contributed by atoms with Gasteiger partial charge in [-0.2, -0.15) is 16.7 Å². The first-order valence-electron chi connectivity index (χ1n) is 13.8. The molecular formula is C30H31ClN8OS. The van der Waals surface area contributed by atoms with Gasteiger partial charge in [0.1, 0.15) is 5.65 Å². The van der Waals surface area contributed by atoms with Crippen molar-refractivity contribution in [2.75, 3.05) is 44.3 Å². The van der Waals surface area contributed by atoms with E-state index in [1.807, 2.05) is 23.9 Å². The minimum Gasteiger partial charge on any atom is -0.324 e. The first-order valence-corrected chi connectivity index (χ1v) is 15.2. The molecule has 2 N–H and O–H groups in total. The summed E-state index contributed by atoms with van der Waals surface area (Å²) in [5.41, 5.74) is 3.29. The summed E-state index contributed by atoms with van der Waals surface area (Å²) in [5.74, 6) is 8.25. The van der Waals surface area contributed by atoms with Crippen LogP contribution in [-0.4, -0.2) is 68.4 Å². The Morgan fingerprint density at radius 1 is 1.15 bits per heavy atom. The van der Waals surface area contributed by atoms with E-state index in [1.54, 1.807) is 23.0 Å². The van der Waals surface area contributed by atoms with Crippen molar-refractivity contribution in [2.24, 2.45) is 5.92 Å². The van der Waals surface area contributed by atoms with Crippen molar-refractivity contribution in [3.05, 3.63) is 81.3 Å². The van der Waals surface area contributed by atoms with Crippen LogP contribution in [0.5, 0.6) is 0 Å². The highest BCUT2D eigenvalue weighted by Crippen LogP contribution is 2.33. The normalized spacial score (nSPS) is 18.1. The average molecular weight is 587 g/mol. The Morgan fingerprint density at radius 2 is 1.95 bits per heavy atom. The first-order chi connectivity index (χ1) is 20.0. The summed E-state index contributed by atoms with van der Waals surface area (Å²) in [6.07, 6.45) is 6.75.